The number of aryl methyl sites for hydroxylation is 1. The van der Waals surface area contributed by atoms with Gasteiger partial charge in [0.2, 0.25) is 16.3 Å². The largest absolute Gasteiger partial charge is 0.445 e. The second kappa shape index (κ2) is 8.58. The molecule has 7 nitrogen and oxygen atoms in total. The molecule has 12 heteroatoms. The molecule has 2 aromatic rings. The van der Waals surface area contributed by atoms with Crippen molar-refractivity contribution in [3.63, 3.8) is 0 Å². The maximum absolute atomic E-state index is 12.7. The molecule has 0 aliphatic heterocycles. The summed E-state index contributed by atoms with van der Waals surface area (Å²) in [6, 6.07) is 4.43. The molecular formula is C14H14F3N3O4S2. The van der Waals surface area contributed by atoms with Crippen LogP contribution in [-0.2, 0) is 26.4 Å². The number of hydrogen-bond acceptors (Lipinski definition) is 6. The Kier molecular flexibility index (Phi) is 6.69. The number of benzene rings is 1. The van der Waals surface area contributed by atoms with Crippen LogP contribution in [0.5, 0.6) is 10.8 Å². The molecule has 1 aromatic heterocycles. The quantitative estimate of drug-likeness (QED) is 0.734. The van der Waals surface area contributed by atoms with Crippen LogP contribution in [0.3, 0.4) is 0 Å². The van der Waals surface area contributed by atoms with Gasteiger partial charge in [-0.2, -0.15) is 13.2 Å². The summed E-state index contributed by atoms with van der Waals surface area (Å²) in [4.78, 5) is 15.7. The van der Waals surface area contributed by atoms with E-state index in [0.717, 1.165) is 23.5 Å². The van der Waals surface area contributed by atoms with E-state index in [2.05, 4.69) is 15.0 Å². The molecule has 1 atom stereocenters. The monoisotopic (exact) mass is 409 g/mol. The van der Waals surface area contributed by atoms with Crippen LogP contribution in [0, 0.1) is 6.92 Å². The number of thiazole rings is 1. The number of amides is 1. The number of carbonyl (C=O) groups excluding carboxylic acids is 1. The van der Waals surface area contributed by atoms with Crippen LogP contribution in [0.25, 0.3) is 0 Å². The summed E-state index contributed by atoms with van der Waals surface area (Å²) in [7, 11) is 1.40. The van der Waals surface area contributed by atoms with Gasteiger partial charge in [-0.15, -0.1) is 0 Å². The molecule has 0 aliphatic rings. The molecule has 0 aliphatic carbocycles. The predicted molar refractivity (Wildman–Crippen MR) is 90.2 cm³/mol. The van der Waals surface area contributed by atoms with Crippen LogP contribution in [0.4, 0.5) is 18.3 Å². The molecular weight excluding hydrogens is 395 g/mol. The Hall–Kier alpha value is -2.02. The first-order chi connectivity index (χ1) is 12.2. The molecule has 2 rings (SSSR count). The minimum absolute atomic E-state index is 0.00259. The summed E-state index contributed by atoms with van der Waals surface area (Å²) in [6.45, 7) is 1.12. The van der Waals surface area contributed by atoms with Gasteiger partial charge in [0.25, 0.3) is 5.91 Å². The van der Waals surface area contributed by atoms with E-state index in [1.165, 1.54) is 19.2 Å². The molecule has 0 spiro atoms. The first-order valence-corrected chi connectivity index (χ1v) is 8.93. The van der Waals surface area contributed by atoms with Crippen molar-refractivity contribution < 1.29 is 31.1 Å². The van der Waals surface area contributed by atoms with Crippen LogP contribution < -0.4 is 14.8 Å². The molecule has 1 amide bonds. The number of rotatable bonds is 7. The number of carbonyl (C=O) groups is 1. The number of alkyl halides is 3. The SMILES string of the molecule is CNS(=O)OCC(=O)Nc1nc(C)c(Oc2cccc(C(F)(F)F)c2)s1. The van der Waals surface area contributed by atoms with Gasteiger partial charge in [-0.25, -0.2) is 13.9 Å². The van der Waals surface area contributed by atoms with Crippen molar-refractivity contribution >= 4 is 33.6 Å². The minimum atomic E-state index is -4.48. The van der Waals surface area contributed by atoms with Crippen molar-refractivity contribution in [2.24, 2.45) is 0 Å². The number of hydrogen-bond donors (Lipinski definition) is 2. The summed E-state index contributed by atoms with van der Waals surface area (Å²) < 4.78 is 61.7. The number of anilines is 1. The van der Waals surface area contributed by atoms with E-state index in [1.807, 2.05) is 0 Å². The van der Waals surface area contributed by atoms with Gasteiger partial charge in [-0.1, -0.05) is 17.4 Å². The summed E-state index contributed by atoms with van der Waals surface area (Å²) in [5.41, 5.74) is -0.442. The summed E-state index contributed by atoms with van der Waals surface area (Å²) in [5.74, 6) is -0.592. The Bertz CT molecular complexity index is 811. The van der Waals surface area contributed by atoms with Crippen molar-refractivity contribution in [2.75, 3.05) is 19.0 Å². The maximum Gasteiger partial charge on any atom is 0.416 e. The van der Waals surface area contributed by atoms with E-state index in [4.69, 9.17) is 8.92 Å². The fourth-order valence-corrected chi connectivity index (χ4v) is 2.88. The van der Waals surface area contributed by atoms with Crippen molar-refractivity contribution in [1.82, 2.24) is 9.71 Å². The lowest BCUT2D eigenvalue weighted by Crippen LogP contribution is -2.22. The Morgan fingerprint density at radius 1 is 1.38 bits per heavy atom. The first kappa shape index (κ1) is 20.3. The van der Waals surface area contributed by atoms with E-state index in [-0.39, 0.29) is 15.9 Å². The van der Waals surface area contributed by atoms with Crippen molar-refractivity contribution in [2.45, 2.75) is 13.1 Å². The first-order valence-electron chi connectivity index (χ1n) is 7.04. The van der Waals surface area contributed by atoms with Gasteiger partial charge >= 0.3 is 6.18 Å². The van der Waals surface area contributed by atoms with Gasteiger partial charge in [-0.3, -0.25) is 14.3 Å². The van der Waals surface area contributed by atoms with Gasteiger partial charge < -0.3 is 4.74 Å². The molecule has 2 N–H and O–H groups in total. The van der Waals surface area contributed by atoms with Crippen LogP contribution in [0.2, 0.25) is 0 Å². The smallest absolute Gasteiger partial charge is 0.416 e. The summed E-state index contributed by atoms with van der Waals surface area (Å²) in [5, 5.41) is 2.84. The van der Waals surface area contributed by atoms with Crippen LogP contribution in [-0.4, -0.2) is 28.8 Å². The van der Waals surface area contributed by atoms with Gasteiger partial charge in [0.1, 0.15) is 12.4 Å². The number of halogens is 3. The van der Waals surface area contributed by atoms with Gasteiger partial charge in [0, 0.05) is 0 Å². The molecule has 1 heterocycles. The highest BCUT2D eigenvalue weighted by molar-refractivity contribution is 7.78. The molecule has 0 radical (unpaired) electrons. The number of ether oxygens (including phenoxy) is 1. The molecule has 1 aromatic carbocycles. The third-order valence-corrected chi connectivity index (χ3v) is 4.45. The normalized spacial score (nSPS) is 12.7. The average Bonchev–Trinajstić information content (AvgIpc) is 2.91. The molecule has 142 valence electrons. The van der Waals surface area contributed by atoms with E-state index < -0.39 is 35.5 Å². The molecule has 26 heavy (non-hydrogen) atoms. The molecule has 0 saturated carbocycles. The Morgan fingerprint density at radius 2 is 2.12 bits per heavy atom. The highest BCUT2D eigenvalue weighted by atomic mass is 32.2. The minimum Gasteiger partial charge on any atom is -0.445 e. The van der Waals surface area contributed by atoms with E-state index in [1.54, 1.807) is 6.92 Å². The standard InChI is InChI=1S/C14H14F3N3O4S2/c1-8-12(24-10-5-3-4-9(6-10)14(15,16)17)25-13(19-8)20-11(21)7-23-26(22)18-2/h3-6,18H,7H2,1-2H3,(H,19,20,21). The van der Waals surface area contributed by atoms with Gasteiger partial charge in [-0.05, 0) is 32.2 Å². The molecule has 0 bridgehead atoms. The van der Waals surface area contributed by atoms with Crippen molar-refractivity contribution in [1.29, 1.82) is 0 Å². The van der Waals surface area contributed by atoms with Crippen LogP contribution in [0.1, 0.15) is 11.3 Å². The lowest BCUT2D eigenvalue weighted by molar-refractivity contribution is -0.137. The highest BCUT2D eigenvalue weighted by Crippen LogP contribution is 2.36. The summed E-state index contributed by atoms with van der Waals surface area (Å²) >= 11 is -0.843. The number of aromatic nitrogens is 1. The van der Waals surface area contributed by atoms with Gasteiger partial charge in [0.05, 0.1) is 11.3 Å². The topological polar surface area (TPSA) is 89.5 Å². The second-order valence-electron chi connectivity index (χ2n) is 4.77. The lowest BCUT2D eigenvalue weighted by atomic mass is 10.2. The predicted octanol–water partition coefficient (Wildman–Crippen LogP) is 3.02. The zero-order valence-corrected chi connectivity index (χ0v) is 15.2. The van der Waals surface area contributed by atoms with E-state index in [0.29, 0.717) is 5.69 Å². The fourth-order valence-electron chi connectivity index (χ4n) is 1.69. The Labute approximate surface area is 153 Å². The van der Waals surface area contributed by atoms with Crippen molar-refractivity contribution in [3.05, 3.63) is 35.5 Å². The number of nitrogens with zero attached hydrogens (tertiary/aromatic N) is 1. The second-order valence-corrected chi connectivity index (χ2v) is 6.84. The fraction of sp³-hybridized carbons (Fsp3) is 0.286. The average molecular weight is 409 g/mol. The summed E-state index contributed by atoms with van der Waals surface area (Å²) in [6.07, 6.45) is -4.48. The highest BCUT2D eigenvalue weighted by Gasteiger charge is 2.30. The Balaban J connectivity index is 2.04. The lowest BCUT2D eigenvalue weighted by Gasteiger charge is -2.09. The molecule has 1 unspecified atom stereocenters. The van der Waals surface area contributed by atoms with E-state index >= 15 is 0 Å². The molecule has 0 fully saturated rings. The van der Waals surface area contributed by atoms with Crippen LogP contribution in [0.15, 0.2) is 24.3 Å². The third kappa shape index (κ3) is 5.76. The third-order valence-electron chi connectivity index (χ3n) is 2.84. The van der Waals surface area contributed by atoms with E-state index in [9.17, 15) is 22.2 Å². The molecule has 0 saturated heterocycles. The number of nitrogens with one attached hydrogen (secondary N) is 2. The van der Waals surface area contributed by atoms with Crippen LogP contribution >= 0.6 is 11.3 Å². The maximum atomic E-state index is 12.7. The zero-order valence-electron chi connectivity index (χ0n) is 13.5. The van der Waals surface area contributed by atoms with Crippen molar-refractivity contribution in [3.8, 4) is 10.8 Å². The van der Waals surface area contributed by atoms with Gasteiger partial charge in [0.15, 0.2) is 5.13 Å². The zero-order chi connectivity index (χ0) is 19.3. The Morgan fingerprint density at radius 3 is 2.77 bits per heavy atom.